The molecule has 14 heavy (non-hydrogen) atoms. The molecule has 4 heteroatoms. The van der Waals surface area contributed by atoms with Crippen LogP contribution in [0.3, 0.4) is 0 Å². The molecule has 0 spiro atoms. The largest absolute Gasteiger partial charge is 0.285 e. The van der Waals surface area contributed by atoms with Gasteiger partial charge in [-0.05, 0) is 50.9 Å². The van der Waals surface area contributed by atoms with Crippen molar-refractivity contribution in [3.63, 3.8) is 0 Å². The molecule has 0 saturated heterocycles. The van der Waals surface area contributed by atoms with Crippen molar-refractivity contribution in [1.29, 1.82) is 0 Å². The highest BCUT2D eigenvalue weighted by molar-refractivity contribution is 7.87. The summed E-state index contributed by atoms with van der Waals surface area (Å²) in [6.45, 7) is 3.32. The van der Waals surface area contributed by atoms with Gasteiger partial charge in [-0.25, -0.2) is 0 Å². The summed E-state index contributed by atoms with van der Waals surface area (Å²) < 4.78 is 30.8. The maximum Gasteiger partial charge on any atom is 0.270 e. The van der Waals surface area contributed by atoms with Gasteiger partial charge in [0.25, 0.3) is 10.1 Å². The Morgan fingerprint density at radius 2 is 1.86 bits per heavy atom. The lowest BCUT2D eigenvalue weighted by Gasteiger charge is -2.34. The van der Waals surface area contributed by atoms with E-state index >= 15 is 0 Å². The molecule has 0 aromatic carbocycles. The molecule has 2 rings (SSSR count). The summed E-state index contributed by atoms with van der Waals surface area (Å²) in [7, 11) is -3.91. The zero-order valence-corrected chi connectivity index (χ0v) is 9.55. The van der Waals surface area contributed by atoms with E-state index in [0.717, 1.165) is 12.8 Å². The second kappa shape index (κ2) is 2.95. The second-order valence-electron chi connectivity index (χ2n) is 5.36. The van der Waals surface area contributed by atoms with Crippen molar-refractivity contribution in [2.75, 3.05) is 0 Å². The topological polar surface area (TPSA) is 54.4 Å². The zero-order valence-electron chi connectivity index (χ0n) is 8.73. The lowest BCUT2D eigenvalue weighted by Crippen LogP contribution is -2.42. The molecule has 2 bridgehead atoms. The predicted molar refractivity (Wildman–Crippen MR) is 54.6 cm³/mol. The molecule has 0 amide bonds. The van der Waals surface area contributed by atoms with E-state index in [1.54, 1.807) is 13.8 Å². The summed E-state index contributed by atoms with van der Waals surface area (Å²) in [6, 6.07) is 0. The number of rotatable bonds is 2. The van der Waals surface area contributed by atoms with Gasteiger partial charge in [-0.2, -0.15) is 8.42 Å². The van der Waals surface area contributed by atoms with Crippen LogP contribution in [0.4, 0.5) is 0 Å². The Balaban J connectivity index is 2.24. The van der Waals surface area contributed by atoms with Gasteiger partial charge in [0, 0.05) is 0 Å². The van der Waals surface area contributed by atoms with Gasteiger partial charge in [-0.1, -0.05) is 6.42 Å². The Hall–Kier alpha value is -0.0900. The Morgan fingerprint density at radius 3 is 2.21 bits per heavy atom. The molecule has 0 aromatic heterocycles. The molecular formula is C10H18O3S. The monoisotopic (exact) mass is 218 g/mol. The van der Waals surface area contributed by atoms with E-state index in [0.29, 0.717) is 11.8 Å². The number of hydrogen-bond acceptors (Lipinski definition) is 2. The first-order valence-electron chi connectivity index (χ1n) is 5.29. The average Bonchev–Trinajstić information content (AvgIpc) is 2.61. The van der Waals surface area contributed by atoms with Crippen molar-refractivity contribution in [3.05, 3.63) is 0 Å². The van der Waals surface area contributed by atoms with Crippen molar-refractivity contribution >= 4 is 10.1 Å². The smallest absolute Gasteiger partial charge is 0.270 e. The second-order valence-corrected chi connectivity index (χ2v) is 7.36. The SMILES string of the molecule is CC(C)(C1CC2CCC1C2)S(=O)(=O)O. The molecule has 2 aliphatic rings. The van der Waals surface area contributed by atoms with Gasteiger partial charge in [-0.15, -0.1) is 0 Å². The predicted octanol–water partition coefficient (Wildman–Crippen LogP) is 2.09. The molecule has 2 saturated carbocycles. The normalized spacial score (nSPS) is 37.8. The van der Waals surface area contributed by atoms with Gasteiger partial charge in [-0.3, -0.25) is 4.55 Å². The van der Waals surface area contributed by atoms with E-state index in [9.17, 15) is 13.0 Å². The van der Waals surface area contributed by atoms with Gasteiger partial charge >= 0.3 is 0 Å². The fraction of sp³-hybridized carbons (Fsp3) is 1.00. The third-order valence-electron chi connectivity index (χ3n) is 4.30. The maximum atomic E-state index is 11.3. The summed E-state index contributed by atoms with van der Waals surface area (Å²) >= 11 is 0. The van der Waals surface area contributed by atoms with Crippen molar-refractivity contribution in [2.24, 2.45) is 17.8 Å². The summed E-state index contributed by atoms with van der Waals surface area (Å²) in [5, 5.41) is 0. The van der Waals surface area contributed by atoms with E-state index in [2.05, 4.69) is 0 Å². The Bertz CT molecular complexity index is 331. The van der Waals surface area contributed by atoms with Crippen LogP contribution in [0, 0.1) is 17.8 Å². The lowest BCUT2D eigenvalue weighted by atomic mass is 9.80. The molecule has 2 fully saturated rings. The fourth-order valence-electron chi connectivity index (χ4n) is 3.29. The van der Waals surface area contributed by atoms with Crippen molar-refractivity contribution in [2.45, 2.75) is 44.3 Å². The minimum absolute atomic E-state index is 0.163. The number of fused-ring (bicyclic) bond motifs is 2. The Kier molecular flexibility index (Phi) is 2.20. The standard InChI is InChI=1S/C10H18O3S/c1-10(2,14(11,12)13)9-6-7-3-4-8(9)5-7/h7-9H,3-6H2,1-2H3,(H,11,12,13). The highest BCUT2D eigenvalue weighted by Crippen LogP contribution is 2.53. The van der Waals surface area contributed by atoms with Gasteiger partial charge in [0.2, 0.25) is 0 Å². The molecule has 3 nitrogen and oxygen atoms in total. The Morgan fingerprint density at radius 1 is 1.21 bits per heavy atom. The van der Waals surface area contributed by atoms with E-state index in [1.165, 1.54) is 12.8 Å². The molecule has 0 aromatic rings. The maximum absolute atomic E-state index is 11.3. The summed E-state index contributed by atoms with van der Waals surface area (Å²) in [4.78, 5) is 0. The molecule has 0 aliphatic heterocycles. The van der Waals surface area contributed by atoms with Crippen molar-refractivity contribution in [1.82, 2.24) is 0 Å². The highest BCUT2D eigenvalue weighted by Gasteiger charge is 2.51. The molecule has 0 heterocycles. The summed E-state index contributed by atoms with van der Waals surface area (Å²) in [5.74, 6) is 1.40. The van der Waals surface area contributed by atoms with Gasteiger partial charge in [0.1, 0.15) is 0 Å². The third-order valence-corrected chi connectivity index (χ3v) is 5.93. The van der Waals surface area contributed by atoms with Crippen LogP contribution in [0.15, 0.2) is 0 Å². The number of hydrogen-bond donors (Lipinski definition) is 1. The highest BCUT2D eigenvalue weighted by atomic mass is 32.2. The minimum Gasteiger partial charge on any atom is -0.285 e. The van der Waals surface area contributed by atoms with Gasteiger partial charge in [0.15, 0.2) is 0 Å². The first-order valence-corrected chi connectivity index (χ1v) is 6.73. The first kappa shape index (κ1) is 10.4. The van der Waals surface area contributed by atoms with Crippen molar-refractivity contribution in [3.8, 4) is 0 Å². The minimum atomic E-state index is -3.91. The summed E-state index contributed by atoms with van der Waals surface area (Å²) in [5.41, 5.74) is 0. The van der Waals surface area contributed by atoms with Crippen LogP contribution in [0.1, 0.15) is 39.5 Å². The lowest BCUT2D eigenvalue weighted by molar-refractivity contribution is 0.257. The van der Waals surface area contributed by atoms with Crippen LogP contribution in [0.2, 0.25) is 0 Å². The first-order chi connectivity index (χ1) is 6.32. The third kappa shape index (κ3) is 1.39. The van der Waals surface area contributed by atoms with Crippen molar-refractivity contribution < 1.29 is 13.0 Å². The molecule has 1 N–H and O–H groups in total. The summed E-state index contributed by atoms with van der Waals surface area (Å²) in [6.07, 6.45) is 4.55. The van der Waals surface area contributed by atoms with Crippen LogP contribution in [-0.2, 0) is 10.1 Å². The van der Waals surface area contributed by atoms with Gasteiger partial charge in [0.05, 0.1) is 4.75 Å². The van der Waals surface area contributed by atoms with Gasteiger partial charge < -0.3 is 0 Å². The van der Waals surface area contributed by atoms with E-state index in [4.69, 9.17) is 0 Å². The molecule has 82 valence electrons. The Labute approximate surface area is 85.6 Å². The molecular weight excluding hydrogens is 200 g/mol. The fourth-order valence-corrected chi connectivity index (χ4v) is 3.96. The van der Waals surface area contributed by atoms with E-state index in [-0.39, 0.29) is 5.92 Å². The molecule has 0 radical (unpaired) electrons. The zero-order chi connectivity index (χ0) is 10.6. The molecule has 3 atom stereocenters. The van der Waals surface area contributed by atoms with Crippen LogP contribution < -0.4 is 0 Å². The molecule has 3 unspecified atom stereocenters. The van der Waals surface area contributed by atoms with Crippen LogP contribution in [0.5, 0.6) is 0 Å². The quantitative estimate of drug-likeness (QED) is 0.722. The molecule has 2 aliphatic carbocycles. The average molecular weight is 218 g/mol. The van der Waals surface area contributed by atoms with Crippen LogP contribution >= 0.6 is 0 Å². The van der Waals surface area contributed by atoms with Crippen LogP contribution in [-0.4, -0.2) is 17.7 Å². The van der Waals surface area contributed by atoms with E-state index in [1.807, 2.05) is 0 Å². The van der Waals surface area contributed by atoms with E-state index < -0.39 is 14.9 Å². The van der Waals surface area contributed by atoms with Crippen LogP contribution in [0.25, 0.3) is 0 Å².